The lowest BCUT2D eigenvalue weighted by molar-refractivity contribution is 0.306. The van der Waals surface area contributed by atoms with E-state index in [1.165, 1.54) is 5.56 Å². The van der Waals surface area contributed by atoms with Gasteiger partial charge in [-0.1, -0.05) is 13.0 Å². The Morgan fingerprint density at radius 2 is 2.40 bits per heavy atom. The van der Waals surface area contributed by atoms with Crippen molar-refractivity contribution in [2.45, 2.75) is 13.5 Å². The van der Waals surface area contributed by atoms with E-state index in [4.69, 9.17) is 11.1 Å². The molecule has 1 heterocycles. The lowest BCUT2D eigenvalue weighted by Crippen LogP contribution is -2.31. The van der Waals surface area contributed by atoms with Gasteiger partial charge in [0.1, 0.15) is 0 Å². The van der Waals surface area contributed by atoms with Crippen LogP contribution >= 0.6 is 0 Å². The minimum absolute atomic E-state index is 0.103. The number of nitrogens with one attached hydrogen (secondary N) is 1. The summed E-state index contributed by atoms with van der Waals surface area (Å²) in [7, 11) is 2.02. The summed E-state index contributed by atoms with van der Waals surface area (Å²) in [4.78, 5) is 6.20. The van der Waals surface area contributed by atoms with Crippen LogP contribution < -0.4 is 5.73 Å². The van der Waals surface area contributed by atoms with Gasteiger partial charge in [-0.3, -0.25) is 10.4 Å². The molecule has 0 fully saturated rings. The highest BCUT2D eigenvalue weighted by molar-refractivity contribution is 5.79. The Balaban J connectivity index is 2.43. The van der Waals surface area contributed by atoms with Gasteiger partial charge in [0, 0.05) is 31.4 Å². The van der Waals surface area contributed by atoms with E-state index in [9.17, 15) is 0 Å². The standard InChI is InChI=1S/C11H18N4/c1-9(11(12)13)7-15(2)8-10-4-3-5-14-6-10/h3-6,9H,7-8H2,1-2H3,(H3,12,13). The fraction of sp³-hybridized carbons (Fsp3) is 0.455. The first kappa shape index (κ1) is 11.7. The second-order valence-electron chi connectivity index (χ2n) is 3.91. The molecule has 0 bridgehead atoms. The summed E-state index contributed by atoms with van der Waals surface area (Å²) in [6.07, 6.45) is 3.62. The van der Waals surface area contributed by atoms with Crippen molar-refractivity contribution >= 4 is 5.84 Å². The smallest absolute Gasteiger partial charge is 0.0947 e. The van der Waals surface area contributed by atoms with Crippen molar-refractivity contribution in [1.82, 2.24) is 9.88 Å². The number of amidine groups is 1. The van der Waals surface area contributed by atoms with Crippen molar-refractivity contribution in [3.05, 3.63) is 30.1 Å². The number of pyridine rings is 1. The van der Waals surface area contributed by atoms with E-state index in [0.29, 0.717) is 0 Å². The molecule has 0 amide bonds. The van der Waals surface area contributed by atoms with Crippen molar-refractivity contribution in [1.29, 1.82) is 5.41 Å². The van der Waals surface area contributed by atoms with E-state index in [-0.39, 0.29) is 11.8 Å². The zero-order valence-electron chi connectivity index (χ0n) is 9.27. The molecule has 0 aliphatic rings. The van der Waals surface area contributed by atoms with Crippen molar-refractivity contribution < 1.29 is 0 Å². The Bertz CT molecular complexity index is 310. The second kappa shape index (κ2) is 5.46. The van der Waals surface area contributed by atoms with Crippen LogP contribution in [0.2, 0.25) is 0 Å². The van der Waals surface area contributed by atoms with Gasteiger partial charge in [0.25, 0.3) is 0 Å². The zero-order chi connectivity index (χ0) is 11.3. The number of hydrogen-bond acceptors (Lipinski definition) is 3. The molecule has 0 radical (unpaired) electrons. The fourth-order valence-electron chi connectivity index (χ4n) is 1.43. The van der Waals surface area contributed by atoms with Crippen LogP contribution in [0.5, 0.6) is 0 Å². The van der Waals surface area contributed by atoms with E-state index in [0.717, 1.165) is 13.1 Å². The van der Waals surface area contributed by atoms with Crippen LogP contribution in [0, 0.1) is 11.3 Å². The zero-order valence-corrected chi connectivity index (χ0v) is 9.27. The summed E-state index contributed by atoms with van der Waals surface area (Å²) in [5.74, 6) is 0.347. The first-order valence-electron chi connectivity index (χ1n) is 5.01. The molecule has 4 nitrogen and oxygen atoms in total. The second-order valence-corrected chi connectivity index (χ2v) is 3.91. The highest BCUT2D eigenvalue weighted by Crippen LogP contribution is 2.03. The van der Waals surface area contributed by atoms with E-state index in [1.54, 1.807) is 6.20 Å². The molecule has 1 aromatic rings. The van der Waals surface area contributed by atoms with Gasteiger partial charge in [-0.25, -0.2) is 0 Å². The van der Waals surface area contributed by atoms with Gasteiger partial charge >= 0.3 is 0 Å². The van der Waals surface area contributed by atoms with Crippen molar-refractivity contribution in [3.63, 3.8) is 0 Å². The van der Waals surface area contributed by atoms with Crippen molar-refractivity contribution in [2.24, 2.45) is 11.7 Å². The number of aromatic nitrogens is 1. The van der Waals surface area contributed by atoms with Crippen molar-refractivity contribution in [3.8, 4) is 0 Å². The van der Waals surface area contributed by atoms with Crippen LogP contribution in [0.1, 0.15) is 12.5 Å². The van der Waals surface area contributed by atoms with Gasteiger partial charge < -0.3 is 10.6 Å². The molecule has 0 saturated carbocycles. The Morgan fingerprint density at radius 1 is 1.67 bits per heavy atom. The monoisotopic (exact) mass is 206 g/mol. The Hall–Kier alpha value is -1.42. The number of nitrogens with zero attached hydrogens (tertiary/aromatic N) is 2. The van der Waals surface area contributed by atoms with Gasteiger partial charge in [-0.2, -0.15) is 0 Å². The third-order valence-corrected chi connectivity index (χ3v) is 2.29. The van der Waals surface area contributed by atoms with E-state index < -0.39 is 0 Å². The molecular weight excluding hydrogens is 188 g/mol. The molecule has 0 saturated heterocycles. The number of hydrogen-bond donors (Lipinski definition) is 2. The molecular formula is C11H18N4. The Morgan fingerprint density at radius 3 is 2.93 bits per heavy atom. The average Bonchev–Trinajstić information content (AvgIpc) is 2.18. The molecule has 4 heteroatoms. The van der Waals surface area contributed by atoms with E-state index in [1.807, 2.05) is 32.3 Å². The number of rotatable bonds is 5. The first-order chi connectivity index (χ1) is 7.09. The maximum Gasteiger partial charge on any atom is 0.0947 e. The molecule has 3 N–H and O–H groups in total. The van der Waals surface area contributed by atoms with Crippen LogP contribution in [-0.4, -0.2) is 29.3 Å². The summed E-state index contributed by atoms with van der Waals surface area (Å²) < 4.78 is 0. The molecule has 0 aromatic carbocycles. The number of nitrogens with two attached hydrogens (primary N) is 1. The van der Waals surface area contributed by atoms with Crippen LogP contribution in [0.3, 0.4) is 0 Å². The van der Waals surface area contributed by atoms with Gasteiger partial charge in [0.05, 0.1) is 5.84 Å². The third kappa shape index (κ3) is 4.08. The molecule has 0 aliphatic carbocycles. The molecule has 1 atom stereocenters. The largest absolute Gasteiger partial charge is 0.387 e. The average molecular weight is 206 g/mol. The van der Waals surface area contributed by atoms with E-state index in [2.05, 4.69) is 9.88 Å². The molecule has 0 aliphatic heterocycles. The summed E-state index contributed by atoms with van der Waals surface area (Å²) in [6.45, 7) is 3.60. The van der Waals surface area contributed by atoms with Crippen LogP contribution in [-0.2, 0) is 6.54 Å². The highest BCUT2D eigenvalue weighted by atomic mass is 15.1. The normalized spacial score (nSPS) is 12.7. The lowest BCUT2D eigenvalue weighted by Gasteiger charge is -2.20. The topological polar surface area (TPSA) is 66.0 Å². The maximum absolute atomic E-state index is 7.31. The van der Waals surface area contributed by atoms with Gasteiger partial charge in [-0.15, -0.1) is 0 Å². The van der Waals surface area contributed by atoms with Crippen LogP contribution in [0.25, 0.3) is 0 Å². The SMILES string of the molecule is CC(CN(C)Cc1cccnc1)C(=N)N. The summed E-state index contributed by atoms with van der Waals surface area (Å²) in [5.41, 5.74) is 6.60. The maximum atomic E-state index is 7.31. The van der Waals surface area contributed by atoms with Gasteiger partial charge in [0.2, 0.25) is 0 Å². The molecule has 15 heavy (non-hydrogen) atoms. The molecule has 1 rings (SSSR count). The molecule has 82 valence electrons. The first-order valence-corrected chi connectivity index (χ1v) is 5.01. The highest BCUT2D eigenvalue weighted by Gasteiger charge is 2.08. The minimum atomic E-state index is 0.103. The predicted molar refractivity (Wildman–Crippen MR) is 61.6 cm³/mol. The predicted octanol–water partition coefficient (Wildman–Crippen LogP) is 1.09. The third-order valence-electron chi connectivity index (χ3n) is 2.29. The quantitative estimate of drug-likeness (QED) is 0.559. The summed E-state index contributed by atoms with van der Waals surface area (Å²) >= 11 is 0. The molecule has 0 spiro atoms. The van der Waals surface area contributed by atoms with Crippen molar-refractivity contribution in [2.75, 3.05) is 13.6 Å². The Labute approximate surface area is 90.6 Å². The molecule has 1 unspecified atom stereocenters. The molecule has 1 aromatic heterocycles. The van der Waals surface area contributed by atoms with Crippen LogP contribution in [0.15, 0.2) is 24.5 Å². The lowest BCUT2D eigenvalue weighted by atomic mass is 10.1. The van der Waals surface area contributed by atoms with E-state index >= 15 is 0 Å². The van der Waals surface area contributed by atoms with Gasteiger partial charge in [0.15, 0.2) is 0 Å². The van der Waals surface area contributed by atoms with Crippen LogP contribution in [0.4, 0.5) is 0 Å². The fourth-order valence-corrected chi connectivity index (χ4v) is 1.43. The summed E-state index contributed by atoms with van der Waals surface area (Å²) in [5, 5.41) is 7.31. The Kier molecular flexibility index (Phi) is 4.24. The summed E-state index contributed by atoms with van der Waals surface area (Å²) in [6, 6.07) is 3.97. The minimum Gasteiger partial charge on any atom is -0.387 e. The van der Waals surface area contributed by atoms with Gasteiger partial charge in [-0.05, 0) is 18.7 Å².